The van der Waals surface area contributed by atoms with Crippen LogP contribution in [0.15, 0.2) is 182 Å². The van der Waals surface area contributed by atoms with Crippen molar-refractivity contribution >= 4 is 46.2 Å². The van der Waals surface area contributed by atoms with E-state index in [1.165, 1.54) is 111 Å². The summed E-state index contributed by atoms with van der Waals surface area (Å²) in [6.07, 6.45) is 5.05. The van der Waals surface area contributed by atoms with Crippen molar-refractivity contribution in [2.75, 3.05) is 0 Å². The minimum absolute atomic E-state index is 0.183. The van der Waals surface area contributed by atoms with Gasteiger partial charge in [-0.25, -0.2) is 0 Å². The predicted octanol–water partition coefficient (Wildman–Crippen LogP) is 20.7. The summed E-state index contributed by atoms with van der Waals surface area (Å²) in [5.41, 5.74) is 25.3. The molecule has 8 aromatic carbocycles. The summed E-state index contributed by atoms with van der Waals surface area (Å²) in [4.78, 5) is 0. The molecule has 10 rings (SSSR count). The van der Waals surface area contributed by atoms with E-state index in [-0.39, 0.29) is 7.25 Å². The van der Waals surface area contributed by atoms with E-state index < -0.39 is 21.5 Å². The third kappa shape index (κ3) is 8.87. The SMILES string of the molecule is CC(C)c1cc(-c2c(-c3ccccc3)ccc3c2C=C(c2ccccc2)[CH]3[Zr]([Cl])([Cl])([CH]2C(c3ccccc3)=Cc3c2ccc(-c2ccccc2)c3-c2cc(C(C)C)cc(C(C)C)c2)[SiH](C)C)cc(C(C)C)c1. The predicted molar refractivity (Wildman–Crippen MR) is 316 cm³/mol. The second kappa shape index (κ2) is 20.0. The van der Waals surface area contributed by atoms with E-state index in [2.05, 4.69) is 263 Å². The van der Waals surface area contributed by atoms with Gasteiger partial charge in [0.25, 0.3) is 0 Å². The van der Waals surface area contributed by atoms with Crippen molar-refractivity contribution < 1.29 is 15.6 Å². The van der Waals surface area contributed by atoms with E-state index in [1.54, 1.807) is 0 Å². The van der Waals surface area contributed by atoms with Gasteiger partial charge in [0.15, 0.2) is 0 Å². The van der Waals surface area contributed by atoms with Gasteiger partial charge in [0.05, 0.1) is 0 Å². The number of hydrogen-bond acceptors (Lipinski definition) is 0. The van der Waals surface area contributed by atoms with Crippen LogP contribution in [0.25, 0.3) is 67.8 Å². The number of rotatable bonds is 13. The molecule has 0 aromatic heterocycles. The third-order valence-electron chi connectivity index (χ3n) is 16.2. The van der Waals surface area contributed by atoms with Gasteiger partial charge in [-0.05, 0) is 0 Å². The third-order valence-corrected chi connectivity index (χ3v) is 67.7. The zero-order chi connectivity index (χ0) is 50.7. The van der Waals surface area contributed by atoms with E-state index in [0.717, 1.165) is 0 Å². The molecule has 0 fully saturated rings. The van der Waals surface area contributed by atoms with Crippen LogP contribution in [-0.4, -0.2) is 5.92 Å². The number of benzene rings is 8. The first-order valence-electron chi connectivity index (χ1n) is 26.4. The molecule has 4 heteroatoms. The van der Waals surface area contributed by atoms with Gasteiger partial charge in [0, 0.05) is 0 Å². The molecule has 2 atom stereocenters. The molecule has 0 saturated carbocycles. The van der Waals surface area contributed by atoms with Gasteiger partial charge in [-0.3, -0.25) is 0 Å². The van der Waals surface area contributed by atoms with Gasteiger partial charge in [0.2, 0.25) is 0 Å². The average Bonchev–Trinajstić information content (AvgIpc) is 4.00. The molecule has 0 saturated heterocycles. The Morgan fingerprint density at radius 1 is 0.361 bits per heavy atom. The van der Waals surface area contributed by atoms with Gasteiger partial charge in [-0.2, -0.15) is 0 Å². The standard InChI is InChI=1S/2C33H31.C2H7Si.2ClH.Zr/c2*1-22(2)27-18-28(23(3)4)20-30(19-27)33-31(25-13-9-6-10-14-25)16-15-26-17-29(21-32(26)33)24-11-7-5-8-12-24;1-3-2;;;/h2*5-23H,1-4H3;3H,1-2H3;2*1H;/q;;;;;+2/p-2. The Morgan fingerprint density at radius 3 is 0.931 bits per heavy atom. The van der Waals surface area contributed by atoms with E-state index in [1.807, 2.05) is 0 Å². The summed E-state index contributed by atoms with van der Waals surface area (Å²) in [6.45, 7) is 23.5. The Labute approximate surface area is 439 Å². The Morgan fingerprint density at radius 2 is 0.653 bits per heavy atom. The van der Waals surface area contributed by atoms with E-state index in [9.17, 15) is 17.0 Å². The van der Waals surface area contributed by atoms with Crippen molar-refractivity contribution in [1.29, 1.82) is 0 Å². The van der Waals surface area contributed by atoms with Gasteiger partial charge >= 0.3 is 443 Å². The van der Waals surface area contributed by atoms with Gasteiger partial charge in [0.1, 0.15) is 0 Å². The molecular weight excluding hydrogens is 1010 g/mol. The molecule has 0 heterocycles. The van der Waals surface area contributed by atoms with Crippen LogP contribution in [0.2, 0.25) is 13.1 Å². The van der Waals surface area contributed by atoms with Crippen molar-refractivity contribution in [3.05, 3.63) is 238 Å². The normalized spacial score (nSPS) is 16.0. The Bertz CT molecular complexity index is 3090. The van der Waals surface area contributed by atoms with Crippen LogP contribution < -0.4 is 0 Å². The maximum absolute atomic E-state index is 9.42. The molecule has 0 N–H and O–H groups in total. The van der Waals surface area contributed by atoms with Crippen LogP contribution in [0.5, 0.6) is 0 Å². The van der Waals surface area contributed by atoms with E-state index in [0.29, 0.717) is 23.7 Å². The van der Waals surface area contributed by atoms with Crippen LogP contribution in [0.3, 0.4) is 0 Å². The summed E-state index contributed by atoms with van der Waals surface area (Å²) in [5.74, 6) is -0.532. The van der Waals surface area contributed by atoms with Crippen molar-refractivity contribution in [2.45, 2.75) is 99.4 Å². The Hall–Kier alpha value is -5.08. The number of halogens is 2. The van der Waals surface area contributed by atoms with E-state index >= 15 is 0 Å². The fourth-order valence-electron chi connectivity index (χ4n) is 12.0. The van der Waals surface area contributed by atoms with E-state index in [4.69, 9.17) is 0 Å². The monoisotopic (exact) mass is 1070 g/mol. The van der Waals surface area contributed by atoms with Crippen LogP contribution in [0.1, 0.15) is 142 Å². The van der Waals surface area contributed by atoms with Crippen LogP contribution >= 0.6 is 17.0 Å². The molecule has 0 nitrogen and oxygen atoms in total. The van der Waals surface area contributed by atoms with Gasteiger partial charge in [-0.1, -0.05) is 0 Å². The Kier molecular flexibility index (Phi) is 14.0. The summed E-state index contributed by atoms with van der Waals surface area (Å²) < 4.78 is -0.366. The molecule has 0 spiro atoms. The first kappa shape index (κ1) is 50.5. The maximum atomic E-state index is 9.42. The molecule has 0 aliphatic heterocycles. The van der Waals surface area contributed by atoms with Crippen molar-refractivity contribution in [3.63, 3.8) is 0 Å². The van der Waals surface area contributed by atoms with Gasteiger partial charge < -0.3 is 0 Å². The van der Waals surface area contributed by atoms with Crippen molar-refractivity contribution in [2.24, 2.45) is 0 Å². The summed E-state index contributed by atoms with van der Waals surface area (Å²) in [6, 6.07) is 68.4. The molecular formula is C68H69Cl2SiZr. The summed E-state index contributed by atoms with van der Waals surface area (Å²) in [5, 5.41) is 0. The molecule has 2 aliphatic rings. The molecule has 0 radical (unpaired) electrons. The second-order valence-corrected chi connectivity index (χ2v) is 64.8. The second-order valence-electron chi connectivity index (χ2n) is 22.3. The molecule has 72 heavy (non-hydrogen) atoms. The number of fused-ring (bicyclic) bond motifs is 2. The summed E-state index contributed by atoms with van der Waals surface area (Å²) in [7, 11) is 18.8. The summed E-state index contributed by atoms with van der Waals surface area (Å²) >= 11 is -5.53. The first-order chi connectivity index (χ1) is 34.5. The molecule has 2 unspecified atom stereocenters. The fraction of sp³-hybridized carbons (Fsp3) is 0.235. The van der Waals surface area contributed by atoms with Crippen LogP contribution in [0, 0.1) is 0 Å². The number of allylic oxidation sites excluding steroid dienone is 2. The number of hydrogen-bond donors (Lipinski definition) is 0. The molecule has 8 aromatic rings. The molecule has 0 bridgehead atoms. The fourth-order valence-corrected chi connectivity index (χ4v) is 42.1. The molecule has 0 amide bonds. The topological polar surface area (TPSA) is 0 Å². The first-order valence-corrected chi connectivity index (χ1v) is 42.7. The minimum atomic E-state index is -5.53. The molecule has 2 aliphatic carbocycles. The van der Waals surface area contributed by atoms with Crippen molar-refractivity contribution in [3.8, 4) is 44.5 Å². The average molecular weight is 1080 g/mol. The van der Waals surface area contributed by atoms with Crippen LogP contribution in [0.4, 0.5) is 0 Å². The van der Waals surface area contributed by atoms with Crippen molar-refractivity contribution in [1.82, 2.24) is 0 Å². The van der Waals surface area contributed by atoms with Gasteiger partial charge in [-0.15, -0.1) is 0 Å². The zero-order valence-corrected chi connectivity index (χ0v) is 48.9. The molecule has 363 valence electrons. The van der Waals surface area contributed by atoms with Crippen LogP contribution in [-0.2, 0) is 15.6 Å². The zero-order valence-electron chi connectivity index (χ0n) is 43.8. The quantitative estimate of drug-likeness (QED) is 0.101. The Balaban J connectivity index is 1.32.